The van der Waals surface area contributed by atoms with Crippen LogP contribution in [0.4, 0.5) is 28.8 Å². The predicted octanol–water partition coefficient (Wildman–Crippen LogP) is 3.90. The number of amides is 1. The van der Waals surface area contributed by atoms with Crippen LogP contribution in [0.3, 0.4) is 0 Å². The van der Waals surface area contributed by atoms with E-state index in [-0.39, 0.29) is 5.91 Å². The zero-order valence-electron chi connectivity index (χ0n) is 19.4. The molecule has 1 aromatic heterocycles. The minimum atomic E-state index is -0.490. The molecule has 8 nitrogen and oxygen atoms in total. The molecule has 3 heterocycles. The molecule has 0 atom stereocenters. The van der Waals surface area contributed by atoms with Crippen molar-refractivity contribution in [1.82, 2.24) is 9.97 Å². The Morgan fingerprint density at radius 3 is 2.72 bits per heavy atom. The van der Waals surface area contributed by atoms with E-state index in [1.165, 1.54) is 18.5 Å². The van der Waals surface area contributed by atoms with Crippen molar-refractivity contribution < 1.29 is 9.53 Å². The summed E-state index contributed by atoms with van der Waals surface area (Å²) >= 11 is 0. The van der Waals surface area contributed by atoms with E-state index in [1.54, 1.807) is 11.1 Å². The van der Waals surface area contributed by atoms with E-state index in [2.05, 4.69) is 32.2 Å². The monoisotopic (exact) mass is 436 g/mol. The van der Waals surface area contributed by atoms with Crippen molar-refractivity contribution in [1.29, 1.82) is 0 Å². The van der Waals surface area contributed by atoms with E-state index in [9.17, 15) is 4.79 Å². The van der Waals surface area contributed by atoms with Crippen LogP contribution >= 0.6 is 0 Å². The van der Waals surface area contributed by atoms with Crippen LogP contribution in [0.2, 0.25) is 0 Å². The Morgan fingerprint density at radius 2 is 1.94 bits per heavy atom. The molecule has 1 saturated carbocycles. The summed E-state index contributed by atoms with van der Waals surface area (Å²) in [5, 5.41) is 3.37. The molecule has 1 fully saturated rings. The highest BCUT2D eigenvalue weighted by molar-refractivity contribution is 6.00. The van der Waals surface area contributed by atoms with Crippen LogP contribution in [-0.4, -0.2) is 49.3 Å². The van der Waals surface area contributed by atoms with Gasteiger partial charge >= 0.3 is 0 Å². The van der Waals surface area contributed by atoms with E-state index in [4.69, 9.17) is 9.72 Å². The molecular weight excluding hydrogens is 404 g/mol. The first-order chi connectivity index (χ1) is 15.3. The summed E-state index contributed by atoms with van der Waals surface area (Å²) in [4.78, 5) is 28.8. The Labute approximate surface area is 189 Å². The van der Waals surface area contributed by atoms with Gasteiger partial charge in [-0.05, 0) is 44.9 Å². The summed E-state index contributed by atoms with van der Waals surface area (Å²) in [6.07, 6.45) is 6.50. The van der Waals surface area contributed by atoms with Crippen molar-refractivity contribution in [3.63, 3.8) is 0 Å². The molecule has 0 radical (unpaired) electrons. The van der Waals surface area contributed by atoms with Gasteiger partial charge in [-0.25, -0.2) is 4.98 Å². The average molecular weight is 437 g/mol. The summed E-state index contributed by atoms with van der Waals surface area (Å²) in [7, 11) is 3.86. The molecule has 0 spiro atoms. The first kappa shape index (κ1) is 21.0. The van der Waals surface area contributed by atoms with Crippen molar-refractivity contribution in [2.24, 2.45) is 5.41 Å². The number of fused-ring (bicyclic) bond motifs is 2. The lowest BCUT2D eigenvalue weighted by Crippen LogP contribution is -2.45. The molecule has 3 aliphatic rings. The van der Waals surface area contributed by atoms with Crippen molar-refractivity contribution in [2.75, 3.05) is 47.4 Å². The lowest BCUT2D eigenvalue weighted by atomic mass is 9.91. The van der Waals surface area contributed by atoms with E-state index in [0.29, 0.717) is 31.9 Å². The number of hydrogen-bond acceptors (Lipinski definition) is 7. The van der Waals surface area contributed by atoms with Gasteiger partial charge in [0.1, 0.15) is 12.4 Å². The first-order valence-corrected chi connectivity index (χ1v) is 11.4. The van der Waals surface area contributed by atoms with Gasteiger partial charge in [0.05, 0.1) is 18.2 Å². The largest absolute Gasteiger partial charge is 0.356 e. The van der Waals surface area contributed by atoms with E-state index in [0.717, 1.165) is 35.6 Å². The number of carbonyl (C=O) groups is 1. The van der Waals surface area contributed by atoms with Gasteiger partial charge < -0.3 is 24.8 Å². The molecular formula is C24H32N6O2. The second-order valence-electron chi connectivity index (χ2n) is 9.86. The maximum absolute atomic E-state index is 13.1. The Kier molecular flexibility index (Phi) is 5.20. The van der Waals surface area contributed by atoms with Crippen molar-refractivity contribution in [3.05, 3.63) is 30.0 Å². The van der Waals surface area contributed by atoms with Crippen LogP contribution < -0.4 is 20.0 Å². The fourth-order valence-corrected chi connectivity index (χ4v) is 5.17. The fourth-order valence-electron chi connectivity index (χ4n) is 5.17. The summed E-state index contributed by atoms with van der Waals surface area (Å²) in [5.74, 6) is 1.48. The van der Waals surface area contributed by atoms with Crippen LogP contribution in [0.15, 0.2) is 24.4 Å². The standard InChI is InChI=1S/C24H32N6O2/c1-24(2)14-30(18-7-5-6-8-18)21-20(29(4)22(24)31)12-25-23(27-21)26-17-9-10-19-16(11-17)13-32-15-28(19)3/h9-12,18H,5-8,13-15H2,1-4H3,(H,25,26,27). The third-order valence-corrected chi connectivity index (χ3v) is 6.89. The second kappa shape index (κ2) is 7.92. The van der Waals surface area contributed by atoms with Crippen LogP contribution in [0.25, 0.3) is 0 Å². The molecule has 0 saturated heterocycles. The zero-order valence-corrected chi connectivity index (χ0v) is 19.4. The number of aromatic nitrogens is 2. The molecule has 1 amide bonds. The number of benzene rings is 1. The highest BCUT2D eigenvalue weighted by Crippen LogP contribution is 2.40. The predicted molar refractivity (Wildman–Crippen MR) is 127 cm³/mol. The summed E-state index contributed by atoms with van der Waals surface area (Å²) in [6.45, 7) is 5.91. The number of nitrogens with zero attached hydrogens (tertiary/aromatic N) is 5. The SMILES string of the molecule is CN1COCc2cc(Nc3ncc4c(n3)N(C3CCCC3)CC(C)(C)C(=O)N4C)ccc21. The third kappa shape index (κ3) is 3.66. The summed E-state index contributed by atoms with van der Waals surface area (Å²) < 4.78 is 5.64. The number of nitrogens with one attached hydrogen (secondary N) is 1. The quantitative estimate of drug-likeness (QED) is 0.782. The van der Waals surface area contributed by atoms with Gasteiger partial charge in [0.15, 0.2) is 5.82 Å². The average Bonchev–Trinajstić information content (AvgIpc) is 3.29. The van der Waals surface area contributed by atoms with Gasteiger partial charge in [-0.1, -0.05) is 12.8 Å². The topological polar surface area (TPSA) is 73.8 Å². The Morgan fingerprint density at radius 1 is 1.16 bits per heavy atom. The molecule has 5 rings (SSSR count). The maximum atomic E-state index is 13.1. The number of carbonyl (C=O) groups excluding carboxylic acids is 1. The number of ether oxygens (including phenoxy) is 1. The smallest absolute Gasteiger partial charge is 0.234 e. The summed E-state index contributed by atoms with van der Waals surface area (Å²) in [5.41, 5.74) is 3.53. The van der Waals surface area contributed by atoms with E-state index >= 15 is 0 Å². The lowest BCUT2D eigenvalue weighted by molar-refractivity contribution is -0.125. The first-order valence-electron chi connectivity index (χ1n) is 11.4. The highest BCUT2D eigenvalue weighted by atomic mass is 16.5. The molecule has 2 aliphatic heterocycles. The number of anilines is 5. The molecule has 1 aromatic carbocycles. The van der Waals surface area contributed by atoms with Crippen molar-refractivity contribution in [2.45, 2.75) is 52.2 Å². The van der Waals surface area contributed by atoms with Crippen molar-refractivity contribution in [3.8, 4) is 0 Å². The Balaban J connectivity index is 1.50. The van der Waals surface area contributed by atoms with Crippen LogP contribution in [-0.2, 0) is 16.1 Å². The molecule has 8 heteroatoms. The van der Waals surface area contributed by atoms with Gasteiger partial charge in [-0.3, -0.25) is 4.79 Å². The van der Waals surface area contributed by atoms with Crippen LogP contribution in [0, 0.1) is 5.41 Å². The van der Waals surface area contributed by atoms with Crippen LogP contribution in [0.1, 0.15) is 45.1 Å². The number of hydrogen-bond donors (Lipinski definition) is 1. The molecule has 0 unspecified atom stereocenters. The molecule has 170 valence electrons. The Hall–Kier alpha value is -2.87. The van der Waals surface area contributed by atoms with Gasteiger partial charge in [0.25, 0.3) is 0 Å². The number of rotatable bonds is 3. The van der Waals surface area contributed by atoms with Gasteiger partial charge in [0, 0.05) is 43.6 Å². The molecule has 0 bridgehead atoms. The molecule has 1 N–H and O–H groups in total. The minimum Gasteiger partial charge on any atom is -0.356 e. The normalized spacial score (nSPS) is 20.8. The molecule has 1 aliphatic carbocycles. The van der Waals surface area contributed by atoms with Gasteiger partial charge in [-0.2, -0.15) is 4.98 Å². The van der Waals surface area contributed by atoms with Crippen LogP contribution in [0.5, 0.6) is 0 Å². The Bertz CT molecular complexity index is 1030. The lowest BCUT2D eigenvalue weighted by Gasteiger charge is -2.34. The van der Waals surface area contributed by atoms with Gasteiger partial charge in [-0.15, -0.1) is 0 Å². The maximum Gasteiger partial charge on any atom is 0.234 e. The molecule has 32 heavy (non-hydrogen) atoms. The third-order valence-electron chi connectivity index (χ3n) is 6.89. The second-order valence-corrected chi connectivity index (χ2v) is 9.86. The van der Waals surface area contributed by atoms with E-state index in [1.807, 2.05) is 34.0 Å². The zero-order chi connectivity index (χ0) is 22.5. The summed E-state index contributed by atoms with van der Waals surface area (Å²) in [6, 6.07) is 6.65. The fraction of sp³-hybridized carbons (Fsp3) is 0.542. The van der Waals surface area contributed by atoms with Crippen molar-refractivity contribution >= 4 is 34.7 Å². The highest BCUT2D eigenvalue weighted by Gasteiger charge is 2.41. The van der Waals surface area contributed by atoms with Gasteiger partial charge in [0.2, 0.25) is 11.9 Å². The molecule has 2 aromatic rings. The minimum absolute atomic E-state index is 0.0994. The van der Waals surface area contributed by atoms with E-state index < -0.39 is 5.41 Å².